The molecule has 0 spiro atoms. The minimum atomic E-state index is -0.208. The van der Waals surface area contributed by atoms with E-state index in [4.69, 9.17) is 9.47 Å². The minimum Gasteiger partial charge on any atom is -0.374 e. The van der Waals surface area contributed by atoms with Crippen LogP contribution in [0.1, 0.15) is 45.6 Å². The van der Waals surface area contributed by atoms with E-state index in [1.807, 2.05) is 6.07 Å². The third-order valence-corrected chi connectivity index (χ3v) is 3.90. The Bertz CT molecular complexity index is 431. The highest BCUT2D eigenvalue weighted by molar-refractivity contribution is 5.16. The van der Waals surface area contributed by atoms with Crippen LogP contribution in [0.3, 0.4) is 0 Å². The molecule has 1 atom stereocenters. The molecule has 19 heavy (non-hydrogen) atoms. The standard InChI is InChI=1S/C16H23FO2/c1-4-16(10-9-15(2,3)19-16)12-18-11-13-7-5-6-8-14(13)17/h5-8H,4,9-12H2,1-3H3/t16-/m1/s1. The summed E-state index contributed by atoms with van der Waals surface area (Å²) in [7, 11) is 0. The van der Waals surface area contributed by atoms with Gasteiger partial charge in [0.1, 0.15) is 5.82 Å². The van der Waals surface area contributed by atoms with E-state index in [1.165, 1.54) is 6.07 Å². The van der Waals surface area contributed by atoms with Gasteiger partial charge in [-0.05, 0) is 39.2 Å². The lowest BCUT2D eigenvalue weighted by atomic mass is 9.96. The first-order chi connectivity index (χ1) is 8.96. The zero-order valence-corrected chi connectivity index (χ0v) is 12.0. The summed E-state index contributed by atoms with van der Waals surface area (Å²) in [5.74, 6) is -0.208. The second-order valence-electron chi connectivity index (χ2n) is 5.98. The Labute approximate surface area is 114 Å². The molecule has 0 bridgehead atoms. The summed E-state index contributed by atoms with van der Waals surface area (Å²) in [4.78, 5) is 0. The molecule has 106 valence electrons. The first-order valence-corrected chi connectivity index (χ1v) is 6.98. The highest BCUT2D eigenvalue weighted by atomic mass is 19.1. The van der Waals surface area contributed by atoms with Crippen LogP contribution in [-0.2, 0) is 16.1 Å². The zero-order chi connectivity index (χ0) is 13.9. The third-order valence-electron chi connectivity index (χ3n) is 3.90. The second kappa shape index (κ2) is 5.59. The van der Waals surface area contributed by atoms with Gasteiger partial charge in [0.05, 0.1) is 24.4 Å². The van der Waals surface area contributed by atoms with Crippen LogP contribution < -0.4 is 0 Å². The van der Waals surface area contributed by atoms with Crippen molar-refractivity contribution in [1.82, 2.24) is 0 Å². The summed E-state index contributed by atoms with van der Waals surface area (Å²) in [5, 5.41) is 0. The monoisotopic (exact) mass is 266 g/mol. The van der Waals surface area contributed by atoms with E-state index in [9.17, 15) is 4.39 Å². The Morgan fingerprint density at radius 1 is 1.26 bits per heavy atom. The normalized spacial score (nSPS) is 25.7. The Morgan fingerprint density at radius 2 is 2.00 bits per heavy atom. The van der Waals surface area contributed by atoms with Crippen LogP contribution in [0.15, 0.2) is 24.3 Å². The molecule has 1 heterocycles. The van der Waals surface area contributed by atoms with E-state index in [0.717, 1.165) is 19.3 Å². The Kier molecular flexibility index (Phi) is 4.26. The second-order valence-corrected chi connectivity index (χ2v) is 5.98. The van der Waals surface area contributed by atoms with Crippen LogP contribution in [0.2, 0.25) is 0 Å². The number of ether oxygens (including phenoxy) is 2. The lowest BCUT2D eigenvalue weighted by Gasteiger charge is -2.30. The molecule has 0 unspecified atom stereocenters. The van der Waals surface area contributed by atoms with Crippen molar-refractivity contribution in [1.29, 1.82) is 0 Å². The van der Waals surface area contributed by atoms with Crippen LogP contribution in [0, 0.1) is 5.82 Å². The van der Waals surface area contributed by atoms with Crippen molar-refractivity contribution < 1.29 is 13.9 Å². The molecule has 2 nitrogen and oxygen atoms in total. The topological polar surface area (TPSA) is 18.5 Å². The van der Waals surface area contributed by atoms with Gasteiger partial charge in [-0.1, -0.05) is 25.1 Å². The number of benzene rings is 1. The van der Waals surface area contributed by atoms with Crippen LogP contribution >= 0.6 is 0 Å². The van der Waals surface area contributed by atoms with Crippen molar-refractivity contribution in [3.05, 3.63) is 35.6 Å². The molecule has 1 fully saturated rings. The molecule has 1 saturated heterocycles. The molecule has 0 amide bonds. The molecule has 0 saturated carbocycles. The first-order valence-electron chi connectivity index (χ1n) is 6.98. The van der Waals surface area contributed by atoms with Crippen molar-refractivity contribution in [2.24, 2.45) is 0 Å². The van der Waals surface area contributed by atoms with Gasteiger partial charge in [-0.2, -0.15) is 0 Å². The molecule has 1 aromatic rings. The molecule has 1 aliphatic heterocycles. The maximum atomic E-state index is 13.5. The van der Waals surface area contributed by atoms with Gasteiger partial charge >= 0.3 is 0 Å². The Balaban J connectivity index is 1.90. The van der Waals surface area contributed by atoms with Crippen LogP contribution in [-0.4, -0.2) is 17.8 Å². The number of hydrogen-bond donors (Lipinski definition) is 0. The summed E-state index contributed by atoms with van der Waals surface area (Å²) in [6.45, 7) is 7.18. The van der Waals surface area contributed by atoms with E-state index >= 15 is 0 Å². The summed E-state index contributed by atoms with van der Waals surface area (Å²) >= 11 is 0. The van der Waals surface area contributed by atoms with E-state index in [-0.39, 0.29) is 17.0 Å². The smallest absolute Gasteiger partial charge is 0.128 e. The lowest BCUT2D eigenvalue weighted by molar-refractivity contribution is -0.126. The predicted molar refractivity (Wildman–Crippen MR) is 73.5 cm³/mol. The molecule has 1 aromatic carbocycles. The number of rotatable bonds is 5. The molecule has 0 radical (unpaired) electrons. The van der Waals surface area contributed by atoms with Crippen molar-refractivity contribution in [2.75, 3.05) is 6.61 Å². The highest BCUT2D eigenvalue weighted by Gasteiger charge is 2.43. The number of hydrogen-bond acceptors (Lipinski definition) is 2. The minimum absolute atomic E-state index is 0.0721. The molecule has 2 rings (SSSR count). The van der Waals surface area contributed by atoms with Crippen molar-refractivity contribution in [3.63, 3.8) is 0 Å². The maximum absolute atomic E-state index is 13.5. The fourth-order valence-electron chi connectivity index (χ4n) is 2.63. The Morgan fingerprint density at radius 3 is 2.58 bits per heavy atom. The molecule has 0 aliphatic carbocycles. The molecule has 0 aromatic heterocycles. The van der Waals surface area contributed by atoms with Gasteiger partial charge in [0.25, 0.3) is 0 Å². The molecular weight excluding hydrogens is 243 g/mol. The summed E-state index contributed by atoms with van der Waals surface area (Å²) in [6, 6.07) is 6.73. The summed E-state index contributed by atoms with van der Waals surface area (Å²) in [5.41, 5.74) is 0.331. The predicted octanol–water partition coefficient (Wildman–Crippen LogP) is 4.08. The van der Waals surface area contributed by atoms with Crippen molar-refractivity contribution >= 4 is 0 Å². The average molecular weight is 266 g/mol. The van der Waals surface area contributed by atoms with Crippen molar-refractivity contribution in [2.45, 2.75) is 57.8 Å². The quantitative estimate of drug-likeness (QED) is 0.799. The lowest BCUT2D eigenvalue weighted by Crippen LogP contribution is -2.36. The van der Waals surface area contributed by atoms with Crippen molar-refractivity contribution in [3.8, 4) is 0 Å². The van der Waals surface area contributed by atoms with E-state index in [2.05, 4.69) is 20.8 Å². The Hall–Kier alpha value is -0.930. The fourth-order valence-corrected chi connectivity index (χ4v) is 2.63. The molecule has 3 heteroatoms. The van der Waals surface area contributed by atoms with Gasteiger partial charge in [0, 0.05) is 5.56 Å². The van der Waals surface area contributed by atoms with E-state index in [0.29, 0.717) is 18.8 Å². The zero-order valence-electron chi connectivity index (χ0n) is 12.0. The molecule has 1 aliphatic rings. The van der Waals surface area contributed by atoms with Gasteiger partial charge in [-0.15, -0.1) is 0 Å². The van der Waals surface area contributed by atoms with Gasteiger partial charge in [-0.3, -0.25) is 0 Å². The molecular formula is C16H23FO2. The molecule has 0 N–H and O–H groups in total. The average Bonchev–Trinajstić information content (AvgIpc) is 2.68. The highest BCUT2D eigenvalue weighted by Crippen LogP contribution is 2.39. The largest absolute Gasteiger partial charge is 0.374 e. The summed E-state index contributed by atoms with van der Waals surface area (Å²) < 4.78 is 25.3. The number of halogens is 1. The van der Waals surface area contributed by atoms with Gasteiger partial charge in [0.15, 0.2) is 0 Å². The van der Waals surface area contributed by atoms with Crippen LogP contribution in [0.5, 0.6) is 0 Å². The van der Waals surface area contributed by atoms with Gasteiger partial charge in [0.2, 0.25) is 0 Å². The van der Waals surface area contributed by atoms with Crippen LogP contribution in [0.25, 0.3) is 0 Å². The maximum Gasteiger partial charge on any atom is 0.128 e. The van der Waals surface area contributed by atoms with Gasteiger partial charge < -0.3 is 9.47 Å². The van der Waals surface area contributed by atoms with E-state index < -0.39 is 0 Å². The van der Waals surface area contributed by atoms with E-state index in [1.54, 1.807) is 12.1 Å². The third kappa shape index (κ3) is 3.54. The fraction of sp³-hybridized carbons (Fsp3) is 0.625. The summed E-state index contributed by atoms with van der Waals surface area (Å²) in [6.07, 6.45) is 2.98. The SMILES string of the molecule is CC[C@]1(COCc2ccccc2F)CCC(C)(C)O1. The van der Waals surface area contributed by atoms with Gasteiger partial charge in [-0.25, -0.2) is 4.39 Å². The van der Waals surface area contributed by atoms with Crippen LogP contribution in [0.4, 0.5) is 4.39 Å². The first kappa shape index (κ1) is 14.5.